The van der Waals surface area contributed by atoms with E-state index >= 15 is 0 Å². The topological polar surface area (TPSA) is 66.6 Å². The molecule has 112 valence electrons. The molecule has 0 saturated carbocycles. The van der Waals surface area contributed by atoms with E-state index in [1.165, 1.54) is 0 Å². The van der Waals surface area contributed by atoms with Crippen molar-refractivity contribution in [3.8, 4) is 0 Å². The first-order valence-corrected chi connectivity index (χ1v) is 8.77. The Morgan fingerprint density at radius 2 is 1.85 bits per heavy atom. The molecule has 0 atom stereocenters. The zero-order valence-corrected chi connectivity index (χ0v) is 14.2. The number of nitrogens with two attached hydrogens (primary N) is 1. The molecule has 0 unspecified atom stereocenters. The van der Waals surface area contributed by atoms with Gasteiger partial charge in [0.15, 0.2) is 0 Å². The maximum absolute atomic E-state index is 12.8. The Hall–Kier alpha value is -0.470. The van der Waals surface area contributed by atoms with Crippen LogP contribution in [-0.4, -0.2) is 50.8 Å². The number of rotatable bonds is 3. The Kier molecular flexibility index (Phi) is 4.86. The van der Waals surface area contributed by atoms with Gasteiger partial charge in [-0.15, -0.1) is 0 Å². The first-order valence-electron chi connectivity index (χ1n) is 6.54. The fourth-order valence-corrected chi connectivity index (χ4v) is 4.62. The molecule has 7 heteroatoms. The molecule has 2 rings (SSSR count). The Labute approximate surface area is 128 Å². The minimum absolute atomic E-state index is 0.324. The quantitative estimate of drug-likeness (QED) is 0.876. The van der Waals surface area contributed by atoms with Crippen LogP contribution in [0.5, 0.6) is 0 Å². The van der Waals surface area contributed by atoms with Crippen molar-refractivity contribution in [2.75, 3.05) is 33.2 Å². The Bertz CT molecular complexity index is 596. The summed E-state index contributed by atoms with van der Waals surface area (Å²) in [7, 11) is -1.45. The van der Waals surface area contributed by atoms with E-state index in [-0.39, 0.29) is 0 Å². The van der Waals surface area contributed by atoms with Crippen LogP contribution in [0.25, 0.3) is 0 Å². The highest BCUT2D eigenvalue weighted by molar-refractivity contribution is 9.10. The molecule has 0 aromatic heterocycles. The zero-order chi connectivity index (χ0) is 14.9. The number of piperazine rings is 1. The monoisotopic (exact) mass is 361 g/mol. The lowest BCUT2D eigenvalue weighted by molar-refractivity contribution is 0.222. The summed E-state index contributed by atoms with van der Waals surface area (Å²) < 4.78 is 27.9. The van der Waals surface area contributed by atoms with Crippen LogP contribution in [0.1, 0.15) is 11.1 Å². The van der Waals surface area contributed by atoms with Gasteiger partial charge in [-0.1, -0.05) is 15.9 Å². The summed E-state index contributed by atoms with van der Waals surface area (Å²) in [6.45, 7) is 4.72. The molecule has 0 amide bonds. The number of sulfonamides is 1. The molecule has 0 radical (unpaired) electrons. The molecule has 1 aliphatic heterocycles. The molecular weight excluding hydrogens is 342 g/mol. The second kappa shape index (κ2) is 6.11. The average Bonchev–Trinajstić information content (AvgIpc) is 2.42. The van der Waals surface area contributed by atoms with Crippen molar-refractivity contribution in [3.63, 3.8) is 0 Å². The molecule has 1 aliphatic rings. The van der Waals surface area contributed by atoms with E-state index < -0.39 is 10.0 Å². The van der Waals surface area contributed by atoms with E-state index in [9.17, 15) is 8.42 Å². The summed E-state index contributed by atoms with van der Waals surface area (Å²) in [5.74, 6) is 0. The maximum Gasteiger partial charge on any atom is 0.243 e. The Balaban J connectivity index is 2.41. The predicted molar refractivity (Wildman–Crippen MR) is 83.0 cm³/mol. The lowest BCUT2D eigenvalue weighted by Crippen LogP contribution is -2.47. The molecule has 1 aromatic rings. The lowest BCUT2D eigenvalue weighted by Gasteiger charge is -2.32. The molecule has 2 N–H and O–H groups in total. The van der Waals surface area contributed by atoms with Crippen LogP contribution >= 0.6 is 15.9 Å². The maximum atomic E-state index is 12.8. The van der Waals surface area contributed by atoms with E-state index in [4.69, 9.17) is 5.73 Å². The summed E-state index contributed by atoms with van der Waals surface area (Å²) >= 11 is 3.42. The highest BCUT2D eigenvalue weighted by Gasteiger charge is 2.29. The van der Waals surface area contributed by atoms with Crippen LogP contribution in [0.3, 0.4) is 0 Å². The predicted octanol–water partition coefficient (Wildman–Crippen LogP) is 1.15. The van der Waals surface area contributed by atoms with Gasteiger partial charge >= 0.3 is 0 Å². The minimum Gasteiger partial charge on any atom is -0.326 e. The van der Waals surface area contributed by atoms with Crippen LogP contribution < -0.4 is 5.73 Å². The van der Waals surface area contributed by atoms with Crippen molar-refractivity contribution < 1.29 is 8.42 Å². The highest BCUT2D eigenvalue weighted by atomic mass is 79.9. The summed E-state index contributed by atoms with van der Waals surface area (Å²) in [6.07, 6.45) is 0. The molecular formula is C13H20BrN3O2S. The molecule has 0 spiro atoms. The number of hydrogen-bond donors (Lipinski definition) is 1. The molecule has 0 aliphatic carbocycles. The lowest BCUT2D eigenvalue weighted by atomic mass is 10.1. The first-order chi connectivity index (χ1) is 9.36. The fourth-order valence-electron chi connectivity index (χ4n) is 2.26. The highest BCUT2D eigenvalue weighted by Crippen LogP contribution is 2.28. The van der Waals surface area contributed by atoms with Gasteiger partial charge in [0.25, 0.3) is 0 Å². The normalized spacial score (nSPS) is 18.4. The van der Waals surface area contributed by atoms with E-state index in [0.717, 1.165) is 28.7 Å². The van der Waals surface area contributed by atoms with E-state index in [2.05, 4.69) is 20.8 Å². The van der Waals surface area contributed by atoms with Crippen molar-refractivity contribution in [1.29, 1.82) is 0 Å². The van der Waals surface area contributed by atoms with Crippen LogP contribution in [0, 0.1) is 6.92 Å². The number of nitrogens with zero attached hydrogens (tertiary/aromatic N) is 2. The molecule has 1 heterocycles. The molecule has 0 bridgehead atoms. The third kappa shape index (κ3) is 3.07. The molecule has 5 nitrogen and oxygen atoms in total. The van der Waals surface area contributed by atoms with E-state index in [0.29, 0.717) is 24.5 Å². The second-order valence-corrected chi connectivity index (χ2v) is 7.87. The van der Waals surface area contributed by atoms with Crippen LogP contribution in [0.4, 0.5) is 0 Å². The number of hydrogen-bond acceptors (Lipinski definition) is 4. The van der Waals surface area contributed by atoms with Crippen molar-refractivity contribution in [3.05, 3.63) is 27.7 Å². The van der Waals surface area contributed by atoms with Gasteiger partial charge in [-0.2, -0.15) is 4.31 Å². The Morgan fingerprint density at radius 1 is 1.25 bits per heavy atom. The van der Waals surface area contributed by atoms with Gasteiger partial charge in [0.05, 0.1) is 4.90 Å². The largest absolute Gasteiger partial charge is 0.326 e. The third-order valence-electron chi connectivity index (χ3n) is 3.67. The van der Waals surface area contributed by atoms with E-state index in [1.54, 1.807) is 10.4 Å². The minimum atomic E-state index is -3.45. The molecule has 1 saturated heterocycles. The third-order valence-corrected chi connectivity index (χ3v) is 6.52. The molecule has 1 fully saturated rings. The molecule has 1 aromatic carbocycles. The van der Waals surface area contributed by atoms with Gasteiger partial charge in [0, 0.05) is 37.2 Å². The number of benzene rings is 1. The van der Waals surface area contributed by atoms with Crippen LogP contribution in [0.2, 0.25) is 0 Å². The second-order valence-electron chi connectivity index (χ2n) is 5.11. The smallest absolute Gasteiger partial charge is 0.243 e. The first kappa shape index (κ1) is 15.9. The summed E-state index contributed by atoms with van der Waals surface area (Å²) in [5.41, 5.74) is 7.19. The van der Waals surface area contributed by atoms with Gasteiger partial charge in [-0.05, 0) is 37.2 Å². The van der Waals surface area contributed by atoms with Crippen LogP contribution in [-0.2, 0) is 16.6 Å². The number of halogens is 1. The average molecular weight is 362 g/mol. The summed E-state index contributed by atoms with van der Waals surface area (Å²) in [4.78, 5) is 2.49. The number of likely N-dealkylation sites (N-methyl/N-ethyl adjacent to an activating group) is 1. The Morgan fingerprint density at radius 3 is 2.40 bits per heavy atom. The van der Waals surface area contributed by atoms with Gasteiger partial charge in [0.2, 0.25) is 10.0 Å². The van der Waals surface area contributed by atoms with Gasteiger partial charge in [0.1, 0.15) is 0 Å². The van der Waals surface area contributed by atoms with E-state index in [1.807, 2.05) is 20.0 Å². The standard InChI is InChI=1S/C13H20BrN3O2S/c1-10-12(14)7-11(9-15)8-13(10)20(18,19)17-5-3-16(2)4-6-17/h7-8H,3-6,9,15H2,1-2H3. The summed E-state index contributed by atoms with van der Waals surface area (Å²) in [6, 6.07) is 3.56. The van der Waals surface area contributed by atoms with Crippen molar-refractivity contribution in [1.82, 2.24) is 9.21 Å². The van der Waals surface area contributed by atoms with Crippen molar-refractivity contribution in [2.45, 2.75) is 18.4 Å². The summed E-state index contributed by atoms with van der Waals surface area (Å²) in [5, 5.41) is 0. The van der Waals surface area contributed by atoms with Gasteiger partial charge < -0.3 is 10.6 Å². The zero-order valence-electron chi connectivity index (χ0n) is 11.8. The van der Waals surface area contributed by atoms with Gasteiger partial charge in [-0.25, -0.2) is 8.42 Å². The van der Waals surface area contributed by atoms with Crippen molar-refractivity contribution >= 4 is 26.0 Å². The van der Waals surface area contributed by atoms with Crippen molar-refractivity contribution in [2.24, 2.45) is 5.73 Å². The fraction of sp³-hybridized carbons (Fsp3) is 0.538. The van der Waals surface area contributed by atoms with Crippen LogP contribution in [0.15, 0.2) is 21.5 Å². The SMILES string of the molecule is Cc1c(Br)cc(CN)cc1S(=O)(=O)N1CCN(C)CC1. The molecule has 20 heavy (non-hydrogen) atoms. The van der Waals surface area contributed by atoms with Gasteiger partial charge in [-0.3, -0.25) is 0 Å².